The van der Waals surface area contributed by atoms with Crippen LogP contribution in [-0.4, -0.2) is 34.9 Å². The minimum atomic E-state index is -0.862. The Labute approximate surface area is 274 Å². The number of carbonyl (C=O) groups is 1. The van der Waals surface area contributed by atoms with Gasteiger partial charge >= 0.3 is 0 Å². The van der Waals surface area contributed by atoms with Crippen molar-refractivity contribution in [2.45, 2.75) is 193 Å². The molecule has 0 aromatic rings. The molecule has 0 saturated heterocycles. The molecule has 0 saturated carbocycles. The Kier molecular flexibility index (Phi) is 34.5. The van der Waals surface area contributed by atoms with Crippen molar-refractivity contribution in [2.24, 2.45) is 0 Å². The number of hydrogen-bond donors (Lipinski definition) is 3. The van der Waals surface area contributed by atoms with Crippen LogP contribution in [0.1, 0.15) is 181 Å². The van der Waals surface area contributed by atoms with Gasteiger partial charge in [-0.25, -0.2) is 0 Å². The quantitative estimate of drug-likeness (QED) is 0.0508. The van der Waals surface area contributed by atoms with E-state index in [1.165, 1.54) is 122 Å². The van der Waals surface area contributed by atoms with Gasteiger partial charge in [-0.3, -0.25) is 4.79 Å². The van der Waals surface area contributed by atoms with Gasteiger partial charge in [0.15, 0.2) is 0 Å². The van der Waals surface area contributed by atoms with Crippen LogP contribution < -0.4 is 5.32 Å². The van der Waals surface area contributed by atoms with Crippen molar-refractivity contribution >= 4 is 5.91 Å². The van der Waals surface area contributed by atoms with Crippen LogP contribution >= 0.6 is 0 Å². The number of amides is 1. The standard InChI is InChI=1S/C40H73NO3/c1-3-5-7-9-11-13-15-17-18-19-20-21-22-24-26-28-30-32-34-36-40(44)41-38(37-42)39(43)35-33-31-29-27-25-23-16-14-12-10-8-6-4-2/h11,13,17-18,25,27,33,35,38-39,42-43H,3-10,12,14-16,19-24,26,28-32,34,36-37H2,1-2H3,(H,41,44)/b13-11-,18-17-,27-25+,35-33+. The van der Waals surface area contributed by atoms with Gasteiger partial charge in [0.05, 0.1) is 18.8 Å². The van der Waals surface area contributed by atoms with Crippen molar-refractivity contribution in [3.05, 3.63) is 48.6 Å². The summed E-state index contributed by atoms with van der Waals surface area (Å²) in [5.74, 6) is -0.0816. The average molecular weight is 616 g/mol. The first-order valence-electron chi connectivity index (χ1n) is 18.9. The van der Waals surface area contributed by atoms with Gasteiger partial charge in [-0.05, 0) is 64.2 Å². The first kappa shape index (κ1) is 42.3. The third-order valence-corrected chi connectivity index (χ3v) is 8.28. The van der Waals surface area contributed by atoms with Crippen molar-refractivity contribution in [1.82, 2.24) is 5.32 Å². The minimum Gasteiger partial charge on any atom is -0.394 e. The van der Waals surface area contributed by atoms with Crippen LogP contribution in [0.25, 0.3) is 0 Å². The van der Waals surface area contributed by atoms with E-state index < -0.39 is 12.1 Å². The molecule has 0 spiro atoms. The Hall–Kier alpha value is -1.65. The van der Waals surface area contributed by atoms with E-state index in [0.29, 0.717) is 6.42 Å². The maximum Gasteiger partial charge on any atom is 0.220 e. The summed E-state index contributed by atoms with van der Waals surface area (Å²) in [6, 6.07) is -0.640. The van der Waals surface area contributed by atoms with Gasteiger partial charge in [0.25, 0.3) is 0 Å². The third kappa shape index (κ3) is 31.8. The molecule has 0 aromatic carbocycles. The predicted octanol–water partition coefficient (Wildman–Crippen LogP) is 11.2. The fourth-order valence-corrected chi connectivity index (χ4v) is 5.34. The van der Waals surface area contributed by atoms with E-state index in [4.69, 9.17) is 0 Å². The Bertz CT molecular complexity index is 711. The SMILES string of the molecule is CCCCC/C=C\C/C=C\CCCCCCCCCCCC(=O)NC(CO)C(O)/C=C/CC/C=C/CCCCCCCCC. The van der Waals surface area contributed by atoms with Gasteiger partial charge < -0.3 is 15.5 Å². The first-order chi connectivity index (χ1) is 21.7. The third-order valence-electron chi connectivity index (χ3n) is 8.28. The lowest BCUT2D eigenvalue weighted by Gasteiger charge is -2.19. The highest BCUT2D eigenvalue weighted by molar-refractivity contribution is 5.76. The van der Waals surface area contributed by atoms with Crippen molar-refractivity contribution in [3.8, 4) is 0 Å². The molecule has 4 nitrogen and oxygen atoms in total. The summed E-state index contributed by atoms with van der Waals surface area (Å²) >= 11 is 0. The number of nitrogens with one attached hydrogen (secondary N) is 1. The highest BCUT2D eigenvalue weighted by Crippen LogP contribution is 2.12. The molecule has 0 rings (SSSR count). The number of rotatable bonds is 33. The predicted molar refractivity (Wildman–Crippen MR) is 193 cm³/mol. The highest BCUT2D eigenvalue weighted by atomic mass is 16.3. The second-order valence-electron chi connectivity index (χ2n) is 12.6. The number of unbranched alkanes of at least 4 members (excludes halogenated alkanes) is 20. The monoisotopic (exact) mass is 616 g/mol. The fourth-order valence-electron chi connectivity index (χ4n) is 5.34. The largest absolute Gasteiger partial charge is 0.394 e. The summed E-state index contributed by atoms with van der Waals surface area (Å²) in [6.07, 6.45) is 47.6. The summed E-state index contributed by atoms with van der Waals surface area (Å²) in [7, 11) is 0. The van der Waals surface area contributed by atoms with Gasteiger partial charge in [-0.15, -0.1) is 0 Å². The lowest BCUT2D eigenvalue weighted by atomic mass is 10.1. The number of allylic oxidation sites excluding steroid dienone is 7. The molecular weight excluding hydrogens is 542 g/mol. The zero-order chi connectivity index (χ0) is 32.2. The van der Waals surface area contributed by atoms with E-state index in [-0.39, 0.29) is 12.5 Å². The van der Waals surface area contributed by atoms with Gasteiger partial charge in [-0.2, -0.15) is 0 Å². The Morgan fingerprint density at radius 3 is 1.50 bits per heavy atom. The van der Waals surface area contributed by atoms with Crippen molar-refractivity contribution in [1.29, 1.82) is 0 Å². The molecule has 4 heteroatoms. The Morgan fingerprint density at radius 2 is 0.955 bits per heavy atom. The zero-order valence-corrected chi connectivity index (χ0v) is 29.2. The van der Waals surface area contributed by atoms with Gasteiger partial charge in [-0.1, -0.05) is 159 Å². The molecule has 0 aliphatic rings. The molecule has 0 aromatic heterocycles. The van der Waals surface area contributed by atoms with Crippen LogP contribution in [0.2, 0.25) is 0 Å². The molecule has 0 radical (unpaired) electrons. The topological polar surface area (TPSA) is 69.6 Å². The molecule has 0 fully saturated rings. The van der Waals surface area contributed by atoms with Crippen LogP contribution in [0, 0.1) is 0 Å². The Morgan fingerprint density at radius 1 is 0.545 bits per heavy atom. The molecule has 0 aliphatic heterocycles. The Balaban J connectivity index is 3.66. The first-order valence-corrected chi connectivity index (χ1v) is 18.9. The van der Waals surface area contributed by atoms with E-state index >= 15 is 0 Å². The summed E-state index contributed by atoms with van der Waals surface area (Å²) in [4.78, 5) is 12.3. The second-order valence-corrected chi connectivity index (χ2v) is 12.6. The number of carbonyl (C=O) groups excluding carboxylic acids is 1. The molecule has 2 atom stereocenters. The van der Waals surface area contributed by atoms with Crippen LogP contribution in [0.15, 0.2) is 48.6 Å². The maximum absolute atomic E-state index is 12.3. The van der Waals surface area contributed by atoms with Crippen molar-refractivity contribution in [3.63, 3.8) is 0 Å². The average Bonchev–Trinajstić information content (AvgIpc) is 3.03. The molecule has 1 amide bonds. The zero-order valence-electron chi connectivity index (χ0n) is 29.2. The molecule has 2 unspecified atom stereocenters. The highest BCUT2D eigenvalue weighted by Gasteiger charge is 2.17. The van der Waals surface area contributed by atoms with Crippen LogP contribution in [0.5, 0.6) is 0 Å². The van der Waals surface area contributed by atoms with Crippen molar-refractivity contribution < 1.29 is 15.0 Å². The van der Waals surface area contributed by atoms with E-state index in [1.54, 1.807) is 6.08 Å². The van der Waals surface area contributed by atoms with Gasteiger partial charge in [0.2, 0.25) is 5.91 Å². The smallest absolute Gasteiger partial charge is 0.220 e. The summed E-state index contributed by atoms with van der Waals surface area (Å²) < 4.78 is 0. The van der Waals surface area contributed by atoms with Crippen LogP contribution in [0.4, 0.5) is 0 Å². The number of aliphatic hydroxyl groups excluding tert-OH is 2. The minimum absolute atomic E-state index is 0.0816. The summed E-state index contributed by atoms with van der Waals surface area (Å²) in [5.41, 5.74) is 0. The molecular formula is C40H73NO3. The normalized spacial score (nSPS) is 13.6. The number of hydrogen-bond acceptors (Lipinski definition) is 3. The lowest BCUT2D eigenvalue weighted by molar-refractivity contribution is -0.123. The molecule has 0 aliphatic carbocycles. The second kappa shape index (κ2) is 35.8. The number of aliphatic hydroxyl groups is 2. The van der Waals surface area contributed by atoms with Crippen LogP contribution in [-0.2, 0) is 4.79 Å². The van der Waals surface area contributed by atoms with Gasteiger partial charge in [0, 0.05) is 6.42 Å². The molecule has 0 bridgehead atoms. The van der Waals surface area contributed by atoms with Gasteiger partial charge in [0.1, 0.15) is 0 Å². The van der Waals surface area contributed by atoms with Crippen molar-refractivity contribution in [2.75, 3.05) is 6.61 Å². The fraction of sp³-hybridized carbons (Fsp3) is 0.775. The molecule has 256 valence electrons. The lowest BCUT2D eigenvalue weighted by Crippen LogP contribution is -2.45. The van der Waals surface area contributed by atoms with E-state index in [9.17, 15) is 15.0 Å². The molecule has 3 N–H and O–H groups in total. The molecule has 44 heavy (non-hydrogen) atoms. The van der Waals surface area contributed by atoms with E-state index in [0.717, 1.165) is 38.5 Å². The maximum atomic E-state index is 12.3. The van der Waals surface area contributed by atoms with Crippen LogP contribution in [0.3, 0.4) is 0 Å². The summed E-state index contributed by atoms with van der Waals surface area (Å²) in [5, 5.41) is 22.9. The van der Waals surface area contributed by atoms with E-state index in [2.05, 4.69) is 55.6 Å². The van der Waals surface area contributed by atoms with E-state index in [1.807, 2.05) is 6.08 Å². The molecule has 0 heterocycles. The summed E-state index contributed by atoms with van der Waals surface area (Å²) in [6.45, 7) is 4.24.